The van der Waals surface area contributed by atoms with Crippen LogP contribution in [0.25, 0.3) is 0 Å². The van der Waals surface area contributed by atoms with E-state index in [2.05, 4.69) is 18.4 Å². The third-order valence-corrected chi connectivity index (χ3v) is 7.60. The van der Waals surface area contributed by atoms with Gasteiger partial charge in [-0.1, -0.05) is 12.2 Å². The molecule has 1 heterocycles. The molecule has 4 rings (SSSR count). The fraction of sp³-hybridized carbons (Fsp3) is 0.571. The summed E-state index contributed by atoms with van der Waals surface area (Å²) >= 11 is 1.77. The number of amides is 1. The second-order valence-electron chi connectivity index (χ2n) is 8.32. The van der Waals surface area contributed by atoms with E-state index in [0.29, 0.717) is 22.5 Å². The van der Waals surface area contributed by atoms with E-state index in [4.69, 9.17) is 0 Å². The van der Waals surface area contributed by atoms with Crippen LogP contribution in [-0.4, -0.2) is 29.1 Å². The summed E-state index contributed by atoms with van der Waals surface area (Å²) in [7, 11) is 0. The maximum Gasteiger partial charge on any atom is 0.225 e. The fourth-order valence-corrected chi connectivity index (χ4v) is 5.97. The molecule has 3 aliphatic rings. The largest absolute Gasteiger partial charge is 0.341 e. The lowest BCUT2D eigenvalue weighted by Gasteiger charge is -2.58. The molecule has 25 heavy (non-hydrogen) atoms. The molecular formula is C21H26FNOS. The van der Waals surface area contributed by atoms with E-state index in [1.54, 1.807) is 11.8 Å². The molecule has 1 aliphatic heterocycles. The number of halogens is 1. The van der Waals surface area contributed by atoms with Crippen LogP contribution in [0.1, 0.15) is 39.0 Å². The number of benzene rings is 1. The Balaban J connectivity index is 1.25. The van der Waals surface area contributed by atoms with Crippen molar-refractivity contribution in [3.05, 3.63) is 42.2 Å². The molecule has 0 unspecified atom stereocenters. The molecule has 0 N–H and O–H groups in total. The second kappa shape index (κ2) is 6.46. The van der Waals surface area contributed by atoms with E-state index >= 15 is 0 Å². The van der Waals surface area contributed by atoms with Gasteiger partial charge in [-0.05, 0) is 74.6 Å². The van der Waals surface area contributed by atoms with E-state index in [9.17, 15) is 9.18 Å². The zero-order chi connectivity index (χ0) is 17.6. The lowest BCUT2D eigenvalue weighted by atomic mass is 9.47. The number of nitrogens with zero attached hydrogens (tertiary/aromatic N) is 1. The van der Waals surface area contributed by atoms with Crippen molar-refractivity contribution in [1.29, 1.82) is 0 Å². The molecule has 0 bridgehead atoms. The van der Waals surface area contributed by atoms with E-state index in [1.807, 2.05) is 12.1 Å². The van der Waals surface area contributed by atoms with Crippen molar-refractivity contribution in [3.63, 3.8) is 0 Å². The van der Waals surface area contributed by atoms with Gasteiger partial charge in [-0.25, -0.2) is 4.39 Å². The van der Waals surface area contributed by atoms with Gasteiger partial charge in [-0.15, -0.1) is 11.8 Å². The van der Waals surface area contributed by atoms with Crippen LogP contribution in [0.4, 0.5) is 4.39 Å². The third-order valence-electron chi connectivity index (χ3n) is 6.34. The van der Waals surface area contributed by atoms with Gasteiger partial charge in [0.2, 0.25) is 5.91 Å². The van der Waals surface area contributed by atoms with Crippen LogP contribution < -0.4 is 0 Å². The summed E-state index contributed by atoms with van der Waals surface area (Å²) in [6, 6.07) is 6.67. The maximum absolute atomic E-state index is 13.0. The smallest absolute Gasteiger partial charge is 0.225 e. The monoisotopic (exact) mass is 359 g/mol. The molecule has 0 aromatic heterocycles. The van der Waals surface area contributed by atoms with Crippen molar-refractivity contribution in [3.8, 4) is 0 Å². The fourth-order valence-electron chi connectivity index (χ4n) is 4.82. The Labute approximate surface area is 153 Å². The van der Waals surface area contributed by atoms with Crippen molar-refractivity contribution < 1.29 is 9.18 Å². The summed E-state index contributed by atoms with van der Waals surface area (Å²) in [5.41, 5.74) is 1.77. The quantitative estimate of drug-likeness (QED) is 0.713. The zero-order valence-electron chi connectivity index (χ0n) is 14.8. The second-order valence-corrected chi connectivity index (χ2v) is 9.70. The van der Waals surface area contributed by atoms with Crippen molar-refractivity contribution in [2.45, 2.75) is 49.2 Å². The number of thioether (sulfide) groups is 1. The van der Waals surface area contributed by atoms with Crippen LogP contribution in [0.3, 0.4) is 0 Å². The summed E-state index contributed by atoms with van der Waals surface area (Å²) in [6.07, 6.45) is 5.69. The topological polar surface area (TPSA) is 20.3 Å². The molecule has 3 fully saturated rings. The molecule has 1 aromatic carbocycles. The minimum Gasteiger partial charge on any atom is -0.341 e. The highest BCUT2D eigenvalue weighted by molar-refractivity contribution is 8.00. The molecule has 134 valence electrons. The van der Waals surface area contributed by atoms with Crippen LogP contribution in [0.15, 0.2) is 41.3 Å². The Morgan fingerprint density at radius 1 is 1.20 bits per heavy atom. The summed E-state index contributed by atoms with van der Waals surface area (Å²) in [6.45, 7) is 7.90. The molecule has 1 saturated heterocycles. The molecule has 1 spiro atoms. The molecule has 1 aromatic rings. The van der Waals surface area contributed by atoms with E-state index in [-0.39, 0.29) is 11.7 Å². The van der Waals surface area contributed by atoms with Crippen molar-refractivity contribution in [2.75, 3.05) is 13.1 Å². The highest BCUT2D eigenvalue weighted by Gasteiger charge is 2.55. The Hall–Kier alpha value is -1.29. The van der Waals surface area contributed by atoms with Gasteiger partial charge in [0.15, 0.2) is 0 Å². The van der Waals surface area contributed by atoms with Crippen LogP contribution in [-0.2, 0) is 4.79 Å². The molecule has 2 saturated carbocycles. The maximum atomic E-state index is 13.0. The molecule has 1 atom stereocenters. The molecule has 4 heteroatoms. The summed E-state index contributed by atoms with van der Waals surface area (Å²) in [5.74, 6) is 1.11. The number of allylic oxidation sites excluding steroid dienone is 1. The van der Waals surface area contributed by atoms with Gasteiger partial charge < -0.3 is 4.90 Å². The molecule has 2 aliphatic carbocycles. The van der Waals surface area contributed by atoms with Gasteiger partial charge in [0.1, 0.15) is 5.82 Å². The lowest BCUT2D eigenvalue weighted by Crippen LogP contribution is -2.52. The van der Waals surface area contributed by atoms with Gasteiger partial charge in [0, 0.05) is 29.2 Å². The Kier molecular flexibility index (Phi) is 4.43. The van der Waals surface area contributed by atoms with Crippen LogP contribution in [0, 0.1) is 23.1 Å². The van der Waals surface area contributed by atoms with Gasteiger partial charge in [-0.2, -0.15) is 0 Å². The minimum atomic E-state index is -0.198. The molecule has 1 amide bonds. The first-order chi connectivity index (χ1) is 11.9. The number of likely N-dealkylation sites (tertiary alicyclic amines) is 1. The van der Waals surface area contributed by atoms with Crippen LogP contribution in [0.2, 0.25) is 0 Å². The van der Waals surface area contributed by atoms with Gasteiger partial charge in [0.05, 0.1) is 0 Å². The van der Waals surface area contributed by atoms with Gasteiger partial charge in [0.25, 0.3) is 0 Å². The minimum absolute atomic E-state index is 0.198. The van der Waals surface area contributed by atoms with Gasteiger partial charge >= 0.3 is 0 Å². The van der Waals surface area contributed by atoms with Crippen molar-refractivity contribution in [1.82, 2.24) is 4.90 Å². The third kappa shape index (κ3) is 3.38. The highest BCUT2D eigenvalue weighted by atomic mass is 32.2. The van der Waals surface area contributed by atoms with Gasteiger partial charge in [-0.3, -0.25) is 4.79 Å². The first kappa shape index (κ1) is 17.1. The summed E-state index contributed by atoms with van der Waals surface area (Å²) in [4.78, 5) is 15.9. The average Bonchev–Trinajstić information content (AvgIpc) is 2.95. The SMILES string of the molecule is C=C(C)C1CC2(C1)CC(C(=O)N1CC[C@H](Sc3ccc(F)cc3)C1)C2. The van der Waals surface area contributed by atoms with Crippen LogP contribution in [0.5, 0.6) is 0 Å². The zero-order valence-corrected chi connectivity index (χ0v) is 15.7. The summed E-state index contributed by atoms with van der Waals surface area (Å²) < 4.78 is 13.0. The number of hydrogen-bond donors (Lipinski definition) is 0. The highest BCUT2D eigenvalue weighted by Crippen LogP contribution is 2.62. The first-order valence-corrected chi connectivity index (χ1v) is 10.2. The van der Waals surface area contributed by atoms with Crippen molar-refractivity contribution >= 4 is 17.7 Å². The Morgan fingerprint density at radius 2 is 1.84 bits per heavy atom. The molecular weight excluding hydrogens is 333 g/mol. The molecule has 2 nitrogen and oxygen atoms in total. The van der Waals surface area contributed by atoms with E-state index < -0.39 is 0 Å². The Bertz CT molecular complexity index is 672. The number of carbonyl (C=O) groups excluding carboxylic acids is 1. The number of carbonyl (C=O) groups is 1. The Morgan fingerprint density at radius 3 is 2.48 bits per heavy atom. The first-order valence-electron chi connectivity index (χ1n) is 9.30. The number of hydrogen-bond acceptors (Lipinski definition) is 2. The normalized spacial score (nSPS) is 33.8. The van der Waals surface area contributed by atoms with Crippen LogP contribution >= 0.6 is 11.8 Å². The van der Waals surface area contributed by atoms with E-state index in [1.165, 1.54) is 30.5 Å². The molecule has 0 radical (unpaired) electrons. The lowest BCUT2D eigenvalue weighted by molar-refractivity contribution is -0.149. The predicted octanol–water partition coefficient (Wildman–Crippen LogP) is 4.90. The van der Waals surface area contributed by atoms with E-state index in [0.717, 1.165) is 37.2 Å². The van der Waals surface area contributed by atoms with Crippen molar-refractivity contribution in [2.24, 2.45) is 17.3 Å². The summed E-state index contributed by atoms with van der Waals surface area (Å²) in [5, 5.41) is 0.431. The standard InChI is InChI=1S/C21H26FNOS/c1-14(2)15-9-21(10-15)11-16(12-21)20(24)23-8-7-19(13-23)25-18-5-3-17(22)4-6-18/h3-6,15-16,19H,1,7-13H2,2H3/t15?,16?,19-,21?/m0/s1. The average molecular weight is 360 g/mol. The number of rotatable bonds is 4. The predicted molar refractivity (Wildman–Crippen MR) is 99.9 cm³/mol.